The summed E-state index contributed by atoms with van der Waals surface area (Å²) in [7, 11) is 1.98. The van der Waals surface area contributed by atoms with Gasteiger partial charge in [0.15, 0.2) is 0 Å². The Balaban J connectivity index is 2.06. The Morgan fingerprint density at radius 1 is 1.39 bits per heavy atom. The molecular weight excluding hydrogens is 222 g/mol. The molecule has 1 heterocycles. The third-order valence-corrected chi connectivity index (χ3v) is 3.76. The Morgan fingerprint density at radius 3 is 2.78 bits per heavy atom. The van der Waals surface area contributed by atoms with Crippen molar-refractivity contribution in [3.63, 3.8) is 0 Å². The first-order valence-electron chi connectivity index (χ1n) is 6.62. The van der Waals surface area contributed by atoms with Gasteiger partial charge in [0.05, 0.1) is 0 Å². The number of hydrogen-bond acceptors (Lipinski definition) is 2. The number of nitrogens with two attached hydrogens (primary N) is 1. The summed E-state index contributed by atoms with van der Waals surface area (Å²) in [4.78, 5) is 4.66. The maximum atomic E-state index is 6.15. The second-order valence-electron chi connectivity index (χ2n) is 5.07. The topological polar surface area (TPSA) is 43.8 Å². The third-order valence-electron chi connectivity index (χ3n) is 3.76. The predicted molar refractivity (Wildman–Crippen MR) is 74.4 cm³/mol. The molecule has 0 unspecified atom stereocenters. The molecule has 0 radical (unpaired) electrons. The zero-order valence-corrected chi connectivity index (χ0v) is 11.0. The van der Waals surface area contributed by atoms with Crippen molar-refractivity contribution in [2.75, 3.05) is 5.73 Å². The van der Waals surface area contributed by atoms with Crippen LogP contribution in [0.25, 0.3) is 11.3 Å². The molecule has 2 aromatic rings. The number of rotatable bonds is 3. The molecular formula is C15H19N3. The first-order chi connectivity index (χ1) is 8.70. The van der Waals surface area contributed by atoms with Gasteiger partial charge in [0.2, 0.25) is 0 Å². The van der Waals surface area contributed by atoms with E-state index < -0.39 is 0 Å². The first kappa shape index (κ1) is 11.3. The molecule has 2 N–H and O–H groups in total. The van der Waals surface area contributed by atoms with E-state index in [4.69, 9.17) is 5.73 Å². The molecule has 94 valence electrons. The van der Waals surface area contributed by atoms with Gasteiger partial charge in [0.25, 0.3) is 0 Å². The van der Waals surface area contributed by atoms with E-state index in [-0.39, 0.29) is 0 Å². The fourth-order valence-corrected chi connectivity index (χ4v) is 2.44. The van der Waals surface area contributed by atoms with E-state index in [0.717, 1.165) is 35.2 Å². The molecule has 0 saturated heterocycles. The number of nitrogen functional groups attached to an aromatic ring is 1. The van der Waals surface area contributed by atoms with E-state index in [0.29, 0.717) is 0 Å². The van der Waals surface area contributed by atoms with Crippen molar-refractivity contribution in [2.45, 2.75) is 32.1 Å². The van der Waals surface area contributed by atoms with Gasteiger partial charge in [-0.3, -0.25) is 0 Å². The largest absolute Gasteiger partial charge is 0.383 e. The molecule has 0 spiro atoms. The van der Waals surface area contributed by atoms with Crippen molar-refractivity contribution < 1.29 is 0 Å². The van der Waals surface area contributed by atoms with Crippen LogP contribution in [0.2, 0.25) is 0 Å². The second kappa shape index (κ2) is 4.16. The molecule has 1 saturated carbocycles. The summed E-state index contributed by atoms with van der Waals surface area (Å²) in [6.07, 6.45) is 3.55. The van der Waals surface area contributed by atoms with Crippen LogP contribution in [0.4, 0.5) is 5.82 Å². The number of aryl methyl sites for hydroxylation is 1. The van der Waals surface area contributed by atoms with Crippen molar-refractivity contribution in [2.24, 2.45) is 7.05 Å². The molecule has 0 atom stereocenters. The lowest BCUT2D eigenvalue weighted by molar-refractivity contribution is 0.816. The Hall–Kier alpha value is -1.77. The van der Waals surface area contributed by atoms with Gasteiger partial charge < -0.3 is 10.3 Å². The molecule has 1 aromatic heterocycles. The van der Waals surface area contributed by atoms with Crippen LogP contribution in [0.15, 0.2) is 24.3 Å². The molecule has 0 aliphatic heterocycles. The number of hydrogen-bond donors (Lipinski definition) is 1. The molecule has 1 fully saturated rings. The Kier molecular flexibility index (Phi) is 2.62. The minimum atomic E-state index is 0.764. The average molecular weight is 241 g/mol. The number of nitrogens with zero attached hydrogens (tertiary/aromatic N) is 2. The standard InChI is InChI=1S/C15H19N3/c1-3-13-17-14(15(16)18(13)2)12-6-4-5-11(9-12)10-7-8-10/h4-6,9-10H,3,7-8,16H2,1-2H3. The first-order valence-corrected chi connectivity index (χ1v) is 6.62. The highest BCUT2D eigenvalue weighted by molar-refractivity contribution is 5.71. The van der Waals surface area contributed by atoms with E-state index in [1.165, 1.54) is 18.4 Å². The normalized spacial score (nSPS) is 15.0. The highest BCUT2D eigenvalue weighted by atomic mass is 15.1. The Morgan fingerprint density at radius 2 is 2.17 bits per heavy atom. The Bertz CT molecular complexity index is 579. The summed E-state index contributed by atoms with van der Waals surface area (Å²) in [5.41, 5.74) is 9.65. The summed E-state index contributed by atoms with van der Waals surface area (Å²) in [5.74, 6) is 2.57. The van der Waals surface area contributed by atoms with Crippen LogP contribution in [0, 0.1) is 0 Å². The van der Waals surface area contributed by atoms with Crippen LogP contribution >= 0.6 is 0 Å². The van der Waals surface area contributed by atoms with Gasteiger partial charge in [-0.2, -0.15) is 0 Å². The van der Waals surface area contributed by atoms with Crippen molar-refractivity contribution >= 4 is 5.82 Å². The van der Waals surface area contributed by atoms with E-state index in [1.54, 1.807) is 0 Å². The molecule has 0 amide bonds. The van der Waals surface area contributed by atoms with Gasteiger partial charge in [-0.05, 0) is 30.4 Å². The average Bonchev–Trinajstić information content (AvgIpc) is 3.19. The van der Waals surface area contributed by atoms with Crippen molar-refractivity contribution in [1.29, 1.82) is 0 Å². The molecule has 3 heteroatoms. The fraction of sp³-hybridized carbons (Fsp3) is 0.400. The number of imidazole rings is 1. The minimum absolute atomic E-state index is 0.764. The van der Waals surface area contributed by atoms with Crippen LogP contribution in [-0.2, 0) is 13.5 Å². The third kappa shape index (κ3) is 1.80. The summed E-state index contributed by atoms with van der Waals surface area (Å²) in [6, 6.07) is 8.67. The molecule has 18 heavy (non-hydrogen) atoms. The van der Waals surface area contributed by atoms with Gasteiger partial charge in [-0.15, -0.1) is 0 Å². The van der Waals surface area contributed by atoms with E-state index >= 15 is 0 Å². The Labute approximate surface area is 108 Å². The monoisotopic (exact) mass is 241 g/mol. The maximum Gasteiger partial charge on any atom is 0.131 e. The van der Waals surface area contributed by atoms with Crippen LogP contribution in [0.1, 0.15) is 37.1 Å². The van der Waals surface area contributed by atoms with E-state index in [1.807, 2.05) is 11.6 Å². The van der Waals surface area contributed by atoms with Gasteiger partial charge in [0.1, 0.15) is 17.3 Å². The van der Waals surface area contributed by atoms with Crippen molar-refractivity contribution in [3.05, 3.63) is 35.7 Å². The van der Waals surface area contributed by atoms with Crippen LogP contribution in [-0.4, -0.2) is 9.55 Å². The SMILES string of the molecule is CCc1nc(-c2cccc(C3CC3)c2)c(N)n1C. The summed E-state index contributed by atoms with van der Waals surface area (Å²) < 4.78 is 1.99. The van der Waals surface area contributed by atoms with Crippen molar-refractivity contribution in [3.8, 4) is 11.3 Å². The van der Waals surface area contributed by atoms with E-state index in [9.17, 15) is 0 Å². The van der Waals surface area contributed by atoms with Gasteiger partial charge in [0, 0.05) is 19.0 Å². The zero-order valence-electron chi connectivity index (χ0n) is 11.0. The molecule has 0 bridgehead atoms. The highest BCUT2D eigenvalue weighted by Gasteiger charge is 2.24. The quantitative estimate of drug-likeness (QED) is 0.897. The van der Waals surface area contributed by atoms with Crippen LogP contribution < -0.4 is 5.73 Å². The molecule has 1 aromatic carbocycles. The summed E-state index contributed by atoms with van der Waals surface area (Å²) >= 11 is 0. The lowest BCUT2D eigenvalue weighted by Crippen LogP contribution is -2.00. The van der Waals surface area contributed by atoms with Crippen LogP contribution in [0.5, 0.6) is 0 Å². The lowest BCUT2D eigenvalue weighted by atomic mass is 10.1. The number of anilines is 1. The molecule has 3 rings (SSSR count). The highest BCUT2D eigenvalue weighted by Crippen LogP contribution is 2.41. The zero-order chi connectivity index (χ0) is 12.7. The lowest BCUT2D eigenvalue weighted by Gasteiger charge is -2.03. The predicted octanol–water partition coefficient (Wildman–Crippen LogP) is 3.11. The number of benzene rings is 1. The van der Waals surface area contributed by atoms with Gasteiger partial charge in [-0.25, -0.2) is 4.98 Å². The molecule has 3 nitrogen and oxygen atoms in total. The molecule has 1 aliphatic rings. The van der Waals surface area contributed by atoms with E-state index in [2.05, 4.69) is 36.2 Å². The molecule has 1 aliphatic carbocycles. The van der Waals surface area contributed by atoms with Gasteiger partial charge in [-0.1, -0.05) is 25.1 Å². The van der Waals surface area contributed by atoms with Crippen molar-refractivity contribution in [1.82, 2.24) is 9.55 Å². The number of aromatic nitrogens is 2. The minimum Gasteiger partial charge on any atom is -0.383 e. The fourth-order valence-electron chi connectivity index (χ4n) is 2.44. The smallest absolute Gasteiger partial charge is 0.131 e. The summed E-state index contributed by atoms with van der Waals surface area (Å²) in [6.45, 7) is 2.10. The second-order valence-corrected chi connectivity index (χ2v) is 5.07. The summed E-state index contributed by atoms with van der Waals surface area (Å²) in [5, 5.41) is 0. The van der Waals surface area contributed by atoms with Crippen LogP contribution in [0.3, 0.4) is 0 Å². The van der Waals surface area contributed by atoms with Gasteiger partial charge >= 0.3 is 0 Å². The maximum absolute atomic E-state index is 6.15.